The monoisotopic (exact) mass is 239 g/mol. The zero-order valence-electron chi connectivity index (χ0n) is 7.86. The molecule has 56 valence electrons. The fourth-order valence-electron chi connectivity index (χ4n) is 0.957. The van der Waals surface area contributed by atoms with Crippen LogP contribution in [0.2, 0.25) is 0 Å². The van der Waals surface area contributed by atoms with Crippen LogP contribution in [-0.2, 0) is 5.41 Å². The van der Waals surface area contributed by atoms with E-state index in [9.17, 15) is 0 Å². The van der Waals surface area contributed by atoms with Crippen molar-refractivity contribution in [2.75, 3.05) is 0 Å². The van der Waals surface area contributed by atoms with Crippen molar-refractivity contribution in [3.8, 4) is 0 Å². The molecular weight excluding hydrogens is 228 g/mol. The Morgan fingerprint density at radius 3 is 2.09 bits per heavy atom. The van der Waals surface area contributed by atoms with Gasteiger partial charge in [0.15, 0.2) is 0 Å². The molecule has 0 spiro atoms. The summed E-state index contributed by atoms with van der Waals surface area (Å²) in [6.45, 7) is 8.63. The van der Waals surface area contributed by atoms with Crippen molar-refractivity contribution < 1.29 is 58.2 Å². The van der Waals surface area contributed by atoms with Crippen LogP contribution in [0.15, 0.2) is 0 Å². The van der Waals surface area contributed by atoms with Crippen molar-refractivity contribution in [2.24, 2.45) is 0 Å². The number of hydrogen-bond acceptors (Lipinski definition) is 2. The third-order valence-corrected chi connectivity index (χ3v) is 2.10. The fraction of sp³-hybridized carbons (Fsp3) is 0.625. The van der Waals surface area contributed by atoms with E-state index >= 15 is 0 Å². The zero-order chi connectivity index (χ0) is 7.78. The van der Waals surface area contributed by atoms with Gasteiger partial charge in [-0.25, -0.2) is 0 Å². The molecule has 0 saturated carbocycles. The van der Waals surface area contributed by atoms with Crippen LogP contribution < -0.4 is 58.2 Å². The second-order valence-electron chi connectivity index (χ2n) is 3.48. The summed E-state index contributed by atoms with van der Waals surface area (Å²) in [4.78, 5) is 1.28. The second-order valence-corrected chi connectivity index (χ2v) is 4.45. The topological polar surface area (TPSA) is 12.9 Å². The van der Waals surface area contributed by atoms with E-state index in [-0.39, 0.29) is 63.6 Å². The molecule has 1 nitrogen and oxygen atoms in total. The third-order valence-electron chi connectivity index (χ3n) is 1.44. The molecule has 1 aromatic rings. The van der Waals surface area contributed by atoms with Crippen molar-refractivity contribution in [1.82, 2.24) is 4.37 Å². The third kappa shape index (κ3) is 3.35. The van der Waals surface area contributed by atoms with Gasteiger partial charge in [-0.3, -0.25) is 0 Å². The normalized spacial score (nSPS) is 10.9. The summed E-state index contributed by atoms with van der Waals surface area (Å²) in [6.07, 6.45) is 3.01. The van der Waals surface area contributed by atoms with E-state index < -0.39 is 0 Å². The maximum atomic E-state index is 4.00. The van der Waals surface area contributed by atoms with E-state index in [2.05, 4.69) is 38.3 Å². The summed E-state index contributed by atoms with van der Waals surface area (Å²) >= 11 is 1.53. The minimum Gasteiger partial charge on any atom is -0.324 e. The van der Waals surface area contributed by atoms with E-state index in [1.165, 1.54) is 22.0 Å². The molecule has 3 heteroatoms. The average Bonchev–Trinajstić information content (AvgIpc) is 2.11. The van der Waals surface area contributed by atoms with Gasteiger partial charge in [0.2, 0.25) is 0 Å². The number of hydrogen-bond donors (Lipinski definition) is 0. The van der Waals surface area contributed by atoms with Crippen LogP contribution in [0.4, 0.5) is 0 Å². The van der Waals surface area contributed by atoms with Crippen LogP contribution in [0.5, 0.6) is 0 Å². The minimum absolute atomic E-state index is 0. The minimum atomic E-state index is 0. The molecule has 11 heavy (non-hydrogen) atoms. The van der Waals surface area contributed by atoms with E-state index in [0.29, 0.717) is 0 Å². The largest absolute Gasteiger partial charge is 1.00 e. The van der Waals surface area contributed by atoms with Crippen molar-refractivity contribution in [3.05, 3.63) is 16.6 Å². The first-order chi connectivity index (χ1) is 4.52. The van der Waals surface area contributed by atoms with Crippen LogP contribution in [0, 0.1) is 13.1 Å². The standard InChI is InChI=1S/C8H12NS.Rb/c1-6-7(5-9-10-6)8(2,3)4;/h1-4H3;/q-1;+1. The van der Waals surface area contributed by atoms with Gasteiger partial charge in [0.25, 0.3) is 0 Å². The van der Waals surface area contributed by atoms with Crippen LogP contribution in [0.25, 0.3) is 0 Å². The van der Waals surface area contributed by atoms with Gasteiger partial charge in [0.05, 0.1) is 0 Å². The summed E-state index contributed by atoms with van der Waals surface area (Å²) in [5.74, 6) is 0. The van der Waals surface area contributed by atoms with E-state index in [0.717, 1.165) is 0 Å². The molecule has 1 heterocycles. The number of aryl methyl sites for hydroxylation is 1. The summed E-state index contributed by atoms with van der Waals surface area (Å²) in [6, 6.07) is 0. The Kier molecular flexibility index (Phi) is 5.21. The van der Waals surface area contributed by atoms with Crippen LogP contribution >= 0.6 is 11.5 Å². The predicted octanol–water partition coefficient (Wildman–Crippen LogP) is -0.447. The Labute approximate surface area is 122 Å². The van der Waals surface area contributed by atoms with Gasteiger partial charge in [-0.15, -0.1) is 11.1 Å². The molecule has 0 radical (unpaired) electrons. The van der Waals surface area contributed by atoms with Crippen molar-refractivity contribution >= 4 is 11.5 Å². The van der Waals surface area contributed by atoms with E-state index in [1.54, 1.807) is 0 Å². The molecule has 0 aromatic carbocycles. The average molecular weight is 240 g/mol. The fourth-order valence-corrected chi connectivity index (χ4v) is 1.67. The first kappa shape index (κ1) is 12.4. The number of rotatable bonds is 0. The molecule has 0 fully saturated rings. The SMILES string of the molecule is Cc1sn[c-]c1C(C)(C)C.[Rb+]. The molecule has 0 saturated heterocycles. The summed E-state index contributed by atoms with van der Waals surface area (Å²) in [7, 11) is 0. The van der Waals surface area contributed by atoms with Crippen LogP contribution in [0.3, 0.4) is 0 Å². The van der Waals surface area contributed by atoms with Crippen LogP contribution in [0.1, 0.15) is 31.2 Å². The Balaban J connectivity index is 0.000001000. The molecular formula is C8H12NRbS. The van der Waals surface area contributed by atoms with Gasteiger partial charge in [-0.1, -0.05) is 27.7 Å². The van der Waals surface area contributed by atoms with Crippen molar-refractivity contribution in [2.45, 2.75) is 33.1 Å². The number of aromatic nitrogens is 1. The second kappa shape index (κ2) is 4.61. The smallest absolute Gasteiger partial charge is 0.324 e. The Bertz CT molecular complexity index is 224. The molecule has 0 N–H and O–H groups in total. The molecule has 1 aromatic heterocycles. The van der Waals surface area contributed by atoms with E-state index in [4.69, 9.17) is 0 Å². The summed E-state index contributed by atoms with van der Waals surface area (Å²) in [5, 5.41) is 0. The predicted molar refractivity (Wildman–Crippen MR) is 44.4 cm³/mol. The summed E-state index contributed by atoms with van der Waals surface area (Å²) < 4.78 is 4.00. The first-order valence-electron chi connectivity index (χ1n) is 3.36. The molecule has 0 aliphatic rings. The first-order valence-corrected chi connectivity index (χ1v) is 4.13. The molecule has 1 rings (SSSR count). The summed E-state index contributed by atoms with van der Waals surface area (Å²) in [5.41, 5.74) is 1.45. The zero-order valence-corrected chi connectivity index (χ0v) is 13.6. The van der Waals surface area contributed by atoms with Gasteiger partial charge in [0, 0.05) is 0 Å². The molecule has 0 bridgehead atoms. The van der Waals surface area contributed by atoms with Crippen LogP contribution in [-0.4, -0.2) is 4.37 Å². The van der Waals surface area contributed by atoms with Gasteiger partial charge >= 0.3 is 58.2 Å². The Hall–Kier alpha value is 1.44. The van der Waals surface area contributed by atoms with Crippen molar-refractivity contribution in [3.63, 3.8) is 0 Å². The van der Waals surface area contributed by atoms with E-state index in [1.807, 2.05) is 0 Å². The van der Waals surface area contributed by atoms with Gasteiger partial charge in [-0.05, 0) is 5.41 Å². The van der Waals surface area contributed by atoms with Gasteiger partial charge in [0.1, 0.15) is 0 Å². The molecule has 0 amide bonds. The maximum absolute atomic E-state index is 4.00. The maximum Gasteiger partial charge on any atom is 1.00 e. The molecule has 0 aliphatic carbocycles. The Morgan fingerprint density at radius 2 is 1.91 bits per heavy atom. The molecule has 0 unspecified atom stereocenters. The van der Waals surface area contributed by atoms with Gasteiger partial charge < -0.3 is 4.37 Å². The Morgan fingerprint density at radius 1 is 1.36 bits per heavy atom. The molecule has 0 atom stereocenters. The van der Waals surface area contributed by atoms with Crippen molar-refractivity contribution in [1.29, 1.82) is 0 Å². The quantitative estimate of drug-likeness (QED) is 0.559. The number of nitrogens with zero attached hydrogens (tertiary/aromatic N) is 1. The van der Waals surface area contributed by atoms with Gasteiger partial charge in [-0.2, -0.15) is 17.1 Å². The molecule has 0 aliphatic heterocycles.